The summed E-state index contributed by atoms with van der Waals surface area (Å²) < 4.78 is 18.3. The van der Waals surface area contributed by atoms with Gasteiger partial charge in [-0.2, -0.15) is 0 Å². The highest BCUT2D eigenvalue weighted by molar-refractivity contribution is 6.09. The third-order valence-corrected chi connectivity index (χ3v) is 4.79. The number of aromatic nitrogens is 1. The number of fused-ring (bicyclic) bond motifs is 1. The molecule has 0 bridgehead atoms. The van der Waals surface area contributed by atoms with Crippen LogP contribution in [0.2, 0.25) is 0 Å². The molecule has 0 aliphatic carbocycles. The molecular formula is C22H26N2O4. The molecule has 0 radical (unpaired) electrons. The summed E-state index contributed by atoms with van der Waals surface area (Å²) in [6.45, 7) is 7.22. The minimum absolute atomic E-state index is 0.194. The van der Waals surface area contributed by atoms with E-state index in [0.29, 0.717) is 36.0 Å². The Morgan fingerprint density at radius 2 is 1.79 bits per heavy atom. The summed E-state index contributed by atoms with van der Waals surface area (Å²) in [7, 11) is 3.16. The van der Waals surface area contributed by atoms with Gasteiger partial charge in [0.2, 0.25) is 0 Å². The Hall–Kier alpha value is -3.15. The van der Waals surface area contributed by atoms with Crippen molar-refractivity contribution in [2.45, 2.75) is 27.3 Å². The van der Waals surface area contributed by atoms with Crippen LogP contribution in [0.25, 0.3) is 10.9 Å². The van der Waals surface area contributed by atoms with Crippen molar-refractivity contribution in [3.63, 3.8) is 0 Å². The van der Waals surface area contributed by atoms with Gasteiger partial charge < -0.3 is 24.1 Å². The fourth-order valence-electron chi connectivity index (χ4n) is 3.47. The van der Waals surface area contributed by atoms with Gasteiger partial charge in [-0.15, -0.1) is 0 Å². The molecule has 1 heterocycles. The van der Waals surface area contributed by atoms with E-state index in [4.69, 9.17) is 14.2 Å². The van der Waals surface area contributed by atoms with Crippen LogP contribution in [-0.2, 0) is 6.54 Å². The Kier molecular flexibility index (Phi) is 5.78. The summed E-state index contributed by atoms with van der Waals surface area (Å²) in [5, 5.41) is 3.98. The molecular weight excluding hydrogens is 356 g/mol. The number of nitrogens with one attached hydrogen (secondary N) is 1. The molecule has 0 aliphatic rings. The van der Waals surface area contributed by atoms with Crippen molar-refractivity contribution >= 4 is 22.5 Å². The number of carbonyl (C=O) groups excluding carboxylic acids is 1. The molecule has 0 saturated carbocycles. The lowest BCUT2D eigenvalue weighted by Gasteiger charge is -2.13. The molecule has 6 nitrogen and oxygen atoms in total. The van der Waals surface area contributed by atoms with E-state index in [1.54, 1.807) is 32.4 Å². The Bertz CT molecular complexity index is 1010. The molecule has 0 aliphatic heterocycles. The molecule has 0 spiro atoms. The fourth-order valence-corrected chi connectivity index (χ4v) is 3.47. The normalized spacial score (nSPS) is 10.8. The Labute approximate surface area is 165 Å². The van der Waals surface area contributed by atoms with Crippen LogP contribution in [0.4, 0.5) is 5.69 Å². The van der Waals surface area contributed by atoms with Crippen molar-refractivity contribution < 1.29 is 19.0 Å². The number of benzene rings is 2. The quantitative estimate of drug-likeness (QED) is 0.647. The number of nitrogens with zero attached hydrogens (tertiary/aromatic N) is 1. The minimum atomic E-state index is -0.194. The SMILES string of the molecule is CCOc1ccc2c(c1)c(C)c(C(=O)Nc1cc(OC)ccc1OC)n2CC. The molecule has 2 aromatic carbocycles. The summed E-state index contributed by atoms with van der Waals surface area (Å²) >= 11 is 0. The largest absolute Gasteiger partial charge is 0.497 e. The predicted molar refractivity (Wildman–Crippen MR) is 111 cm³/mol. The van der Waals surface area contributed by atoms with E-state index in [1.165, 1.54) is 0 Å². The number of methoxy groups -OCH3 is 2. The van der Waals surface area contributed by atoms with Crippen LogP contribution in [0, 0.1) is 6.92 Å². The summed E-state index contributed by atoms with van der Waals surface area (Å²) in [4.78, 5) is 13.2. The molecule has 0 atom stereocenters. The van der Waals surface area contributed by atoms with Crippen molar-refractivity contribution in [2.75, 3.05) is 26.1 Å². The second kappa shape index (κ2) is 8.25. The lowest BCUT2D eigenvalue weighted by molar-refractivity contribution is 0.101. The van der Waals surface area contributed by atoms with Crippen LogP contribution < -0.4 is 19.5 Å². The average Bonchev–Trinajstić information content (AvgIpc) is 2.99. The first kappa shape index (κ1) is 19.6. The van der Waals surface area contributed by atoms with Gasteiger partial charge in [0, 0.05) is 23.5 Å². The maximum absolute atomic E-state index is 13.2. The Morgan fingerprint density at radius 3 is 2.43 bits per heavy atom. The number of hydrogen-bond donors (Lipinski definition) is 1. The van der Waals surface area contributed by atoms with Crippen molar-refractivity contribution in [1.82, 2.24) is 4.57 Å². The maximum Gasteiger partial charge on any atom is 0.272 e. The summed E-state index contributed by atoms with van der Waals surface area (Å²) in [6, 6.07) is 11.2. The number of anilines is 1. The predicted octanol–water partition coefficient (Wildman–Crippen LogP) is 4.64. The maximum atomic E-state index is 13.2. The van der Waals surface area contributed by atoms with Gasteiger partial charge in [0.15, 0.2) is 0 Å². The van der Waals surface area contributed by atoms with Gasteiger partial charge >= 0.3 is 0 Å². The molecule has 3 aromatic rings. The van der Waals surface area contributed by atoms with Gasteiger partial charge in [-0.1, -0.05) is 0 Å². The van der Waals surface area contributed by atoms with Gasteiger partial charge in [-0.3, -0.25) is 4.79 Å². The third kappa shape index (κ3) is 3.50. The Balaban J connectivity index is 2.05. The first-order chi connectivity index (χ1) is 13.5. The first-order valence-electron chi connectivity index (χ1n) is 9.33. The van der Waals surface area contributed by atoms with E-state index in [1.807, 2.05) is 43.5 Å². The van der Waals surface area contributed by atoms with Crippen molar-refractivity contribution in [1.29, 1.82) is 0 Å². The number of amides is 1. The van der Waals surface area contributed by atoms with Crippen LogP contribution in [0.3, 0.4) is 0 Å². The van der Waals surface area contributed by atoms with E-state index in [9.17, 15) is 4.79 Å². The molecule has 1 aromatic heterocycles. The zero-order chi connectivity index (χ0) is 20.3. The molecule has 0 saturated heterocycles. The molecule has 6 heteroatoms. The van der Waals surface area contributed by atoms with Crippen LogP contribution in [0.1, 0.15) is 29.9 Å². The smallest absolute Gasteiger partial charge is 0.272 e. The van der Waals surface area contributed by atoms with Crippen molar-refractivity contribution in [3.8, 4) is 17.2 Å². The highest BCUT2D eigenvalue weighted by Crippen LogP contribution is 2.32. The standard InChI is InChI=1S/C22H26N2O4/c1-6-24-19-10-8-16(28-7-2)12-17(19)14(3)21(24)22(25)23-18-13-15(26-4)9-11-20(18)27-5/h8-13H,6-7H2,1-5H3,(H,23,25). The summed E-state index contributed by atoms with van der Waals surface area (Å²) in [5.41, 5.74) is 3.11. The van der Waals surface area contributed by atoms with Crippen molar-refractivity contribution in [3.05, 3.63) is 47.7 Å². The lowest BCUT2D eigenvalue weighted by Crippen LogP contribution is -2.18. The zero-order valence-corrected chi connectivity index (χ0v) is 17.0. The van der Waals surface area contributed by atoms with Crippen LogP contribution >= 0.6 is 0 Å². The van der Waals surface area contributed by atoms with E-state index >= 15 is 0 Å². The second-order valence-electron chi connectivity index (χ2n) is 6.35. The average molecular weight is 382 g/mol. The first-order valence-corrected chi connectivity index (χ1v) is 9.33. The van der Waals surface area contributed by atoms with Gasteiger partial charge in [0.05, 0.1) is 26.5 Å². The molecule has 3 rings (SSSR count). The topological polar surface area (TPSA) is 61.7 Å². The van der Waals surface area contributed by atoms with Crippen molar-refractivity contribution in [2.24, 2.45) is 0 Å². The van der Waals surface area contributed by atoms with E-state index in [-0.39, 0.29) is 5.91 Å². The number of aryl methyl sites for hydroxylation is 2. The van der Waals surface area contributed by atoms with E-state index in [2.05, 4.69) is 5.32 Å². The molecule has 148 valence electrons. The molecule has 1 N–H and O–H groups in total. The minimum Gasteiger partial charge on any atom is -0.497 e. The van der Waals surface area contributed by atoms with Gasteiger partial charge in [-0.05, 0) is 56.7 Å². The van der Waals surface area contributed by atoms with E-state index < -0.39 is 0 Å². The highest BCUT2D eigenvalue weighted by atomic mass is 16.5. The van der Waals surface area contributed by atoms with Crippen LogP contribution in [-0.4, -0.2) is 31.3 Å². The van der Waals surface area contributed by atoms with Gasteiger partial charge in [-0.25, -0.2) is 0 Å². The Morgan fingerprint density at radius 1 is 1.04 bits per heavy atom. The molecule has 28 heavy (non-hydrogen) atoms. The number of carbonyl (C=O) groups is 1. The summed E-state index contributed by atoms with van der Waals surface area (Å²) in [6.07, 6.45) is 0. The third-order valence-electron chi connectivity index (χ3n) is 4.79. The monoisotopic (exact) mass is 382 g/mol. The summed E-state index contributed by atoms with van der Waals surface area (Å²) in [5.74, 6) is 1.82. The lowest BCUT2D eigenvalue weighted by atomic mass is 10.1. The fraction of sp³-hybridized carbons (Fsp3) is 0.318. The van der Waals surface area contributed by atoms with Crippen LogP contribution in [0.5, 0.6) is 17.2 Å². The van der Waals surface area contributed by atoms with E-state index in [0.717, 1.165) is 22.2 Å². The zero-order valence-electron chi connectivity index (χ0n) is 17.0. The molecule has 0 fully saturated rings. The number of ether oxygens (including phenoxy) is 3. The highest BCUT2D eigenvalue weighted by Gasteiger charge is 2.21. The number of rotatable bonds is 7. The molecule has 0 unspecified atom stereocenters. The van der Waals surface area contributed by atoms with Crippen LogP contribution in [0.15, 0.2) is 36.4 Å². The number of hydrogen-bond acceptors (Lipinski definition) is 4. The van der Waals surface area contributed by atoms with Gasteiger partial charge in [0.25, 0.3) is 5.91 Å². The molecule has 1 amide bonds. The second-order valence-corrected chi connectivity index (χ2v) is 6.35. The van der Waals surface area contributed by atoms with Gasteiger partial charge in [0.1, 0.15) is 22.9 Å².